The van der Waals surface area contributed by atoms with Gasteiger partial charge in [-0.25, -0.2) is 9.99 Å². The smallest absolute Gasteiger partial charge is 0.337 e. The molecule has 0 fully saturated rings. The summed E-state index contributed by atoms with van der Waals surface area (Å²) >= 11 is 1.29. The molecule has 0 aliphatic heterocycles. The Balaban J connectivity index is 1.62. The predicted octanol–water partition coefficient (Wildman–Crippen LogP) is 2.70. The molecule has 3 rings (SSSR count). The van der Waals surface area contributed by atoms with Gasteiger partial charge in [-0.05, 0) is 59.5 Å². The summed E-state index contributed by atoms with van der Waals surface area (Å²) in [5.74, 6) is 0.189. The van der Waals surface area contributed by atoms with Gasteiger partial charge in [-0.2, -0.15) is 5.10 Å². The van der Waals surface area contributed by atoms with Crippen molar-refractivity contribution < 1.29 is 19.6 Å². The molecular formula is C23H27N5O3S. The number of H-pyrrole nitrogens is 1. The molecule has 8 nitrogen and oxygen atoms in total. The van der Waals surface area contributed by atoms with Crippen LogP contribution in [0.25, 0.3) is 11.4 Å². The maximum atomic E-state index is 12.1. The quantitative estimate of drug-likeness (QED) is 0.220. The Morgan fingerprint density at radius 1 is 1.28 bits per heavy atom. The van der Waals surface area contributed by atoms with E-state index in [-0.39, 0.29) is 34.1 Å². The molecule has 0 bridgehead atoms. The fraction of sp³-hybridized carbons (Fsp3) is 0.304. The van der Waals surface area contributed by atoms with Crippen molar-refractivity contribution in [3.8, 4) is 22.9 Å². The van der Waals surface area contributed by atoms with Crippen LogP contribution in [0.15, 0.2) is 52.7 Å². The summed E-state index contributed by atoms with van der Waals surface area (Å²) in [5, 5.41) is 32.9. The molecule has 1 amide bonds. The number of nitrogens with zero attached hydrogens (tertiary/aromatic N) is 3. The van der Waals surface area contributed by atoms with E-state index in [0.29, 0.717) is 11.7 Å². The van der Waals surface area contributed by atoms with Crippen LogP contribution < -0.4 is 15.1 Å². The number of hydrogen-bond donors (Lipinski definition) is 3. The highest BCUT2D eigenvalue weighted by atomic mass is 32.2. The average Bonchev–Trinajstić information content (AvgIpc) is 3.16. The zero-order chi connectivity index (χ0) is 23.3. The van der Waals surface area contributed by atoms with Crippen molar-refractivity contribution in [3.63, 3.8) is 0 Å². The van der Waals surface area contributed by atoms with E-state index in [0.717, 1.165) is 17.5 Å². The van der Waals surface area contributed by atoms with Gasteiger partial charge in [-0.1, -0.05) is 44.7 Å². The molecule has 2 aromatic carbocycles. The topological polar surface area (TPSA) is 117 Å². The Morgan fingerprint density at radius 3 is 2.62 bits per heavy atom. The van der Waals surface area contributed by atoms with Crippen molar-refractivity contribution >= 4 is 23.9 Å². The van der Waals surface area contributed by atoms with E-state index < -0.39 is 0 Å². The van der Waals surface area contributed by atoms with Gasteiger partial charge in [0.05, 0.1) is 29.2 Å². The van der Waals surface area contributed by atoms with E-state index >= 15 is 0 Å². The highest BCUT2D eigenvalue weighted by Gasteiger charge is 2.22. The van der Waals surface area contributed by atoms with Gasteiger partial charge in [-0.3, -0.25) is 4.79 Å². The number of nitrogens with one attached hydrogen (secondary N) is 2. The molecule has 1 heterocycles. The number of phenols is 1. The highest BCUT2D eigenvalue weighted by molar-refractivity contribution is 7.99. The van der Waals surface area contributed by atoms with Crippen molar-refractivity contribution in [1.82, 2.24) is 15.6 Å². The average molecular weight is 454 g/mol. The van der Waals surface area contributed by atoms with Crippen LogP contribution >= 0.6 is 11.8 Å². The minimum Gasteiger partial charge on any atom is -0.872 e. The summed E-state index contributed by atoms with van der Waals surface area (Å²) in [6, 6.07) is 12.3. The number of thioether (sulfide) groups is 1. The van der Waals surface area contributed by atoms with Crippen LogP contribution in [0.5, 0.6) is 11.5 Å². The van der Waals surface area contributed by atoms with Gasteiger partial charge in [0.15, 0.2) is 0 Å². The minimum atomic E-state index is -0.374. The van der Waals surface area contributed by atoms with Gasteiger partial charge in [0.25, 0.3) is 11.7 Å². The molecule has 168 valence electrons. The minimum absolute atomic E-state index is 0.0850. The van der Waals surface area contributed by atoms with Crippen molar-refractivity contribution in [2.24, 2.45) is 5.10 Å². The van der Waals surface area contributed by atoms with Gasteiger partial charge < -0.3 is 10.2 Å². The van der Waals surface area contributed by atoms with E-state index in [1.165, 1.54) is 35.7 Å². The number of aromatic hydroxyl groups is 1. The van der Waals surface area contributed by atoms with Crippen molar-refractivity contribution in [1.29, 1.82) is 0 Å². The number of carbonyl (C=O) groups excluding carboxylic acids is 1. The number of aromatic amines is 1. The Kier molecular flexibility index (Phi) is 7.19. The van der Waals surface area contributed by atoms with E-state index in [2.05, 4.69) is 65.8 Å². The van der Waals surface area contributed by atoms with Crippen molar-refractivity contribution in [2.75, 3.05) is 5.75 Å². The molecule has 0 atom stereocenters. The molecule has 3 aromatic rings. The normalized spacial score (nSPS) is 11.8. The monoisotopic (exact) mass is 453 g/mol. The lowest BCUT2D eigenvalue weighted by Crippen LogP contribution is -2.36. The van der Waals surface area contributed by atoms with Gasteiger partial charge in [0.1, 0.15) is 5.75 Å². The lowest BCUT2D eigenvalue weighted by molar-refractivity contribution is -0.719. The molecule has 0 aliphatic rings. The third-order valence-corrected chi connectivity index (χ3v) is 5.80. The highest BCUT2D eigenvalue weighted by Crippen LogP contribution is 2.25. The largest absolute Gasteiger partial charge is 0.872 e. The van der Waals surface area contributed by atoms with Crippen molar-refractivity contribution in [2.45, 2.75) is 44.8 Å². The first-order valence-corrected chi connectivity index (χ1v) is 11.2. The number of phenolic OH excluding ortho intramolecular Hbond substituents is 1. The van der Waals surface area contributed by atoms with E-state index in [1.807, 2.05) is 11.5 Å². The van der Waals surface area contributed by atoms with Crippen LogP contribution in [0.1, 0.15) is 38.8 Å². The number of hydrogen-bond acceptors (Lipinski definition) is 6. The van der Waals surface area contributed by atoms with Crippen LogP contribution in [0.4, 0.5) is 0 Å². The molecule has 3 N–H and O–H groups in total. The van der Waals surface area contributed by atoms with Gasteiger partial charge in [0, 0.05) is 0 Å². The maximum Gasteiger partial charge on any atom is 0.337 e. The molecule has 0 unspecified atom stereocenters. The Labute approximate surface area is 191 Å². The summed E-state index contributed by atoms with van der Waals surface area (Å²) in [7, 11) is 0. The summed E-state index contributed by atoms with van der Waals surface area (Å²) in [5.41, 5.74) is 5.04. The van der Waals surface area contributed by atoms with E-state index in [1.54, 1.807) is 0 Å². The van der Waals surface area contributed by atoms with E-state index in [4.69, 9.17) is 0 Å². The first kappa shape index (κ1) is 23.3. The Morgan fingerprint density at radius 2 is 2.00 bits per heavy atom. The predicted molar refractivity (Wildman–Crippen MR) is 123 cm³/mol. The summed E-state index contributed by atoms with van der Waals surface area (Å²) in [4.78, 5) is 12.1. The van der Waals surface area contributed by atoms with E-state index in [9.17, 15) is 15.0 Å². The van der Waals surface area contributed by atoms with Gasteiger partial charge in [-0.15, -0.1) is 5.10 Å². The standard InChI is InChI=1S/C23H27N5O3S/c1-5-28-21(15-6-9-17(10-7-15)23(2,3)4)26-27-22(28)32-14-20(31)25-24-13-16-8-11-18(29)12-19(16)30/h6-13H,5,14H2,1-4H3,(H3,24,25,29,30,31). The van der Waals surface area contributed by atoms with Crippen LogP contribution in [0, 0.1) is 0 Å². The molecule has 0 radical (unpaired) electrons. The number of rotatable bonds is 7. The zero-order valence-electron chi connectivity index (χ0n) is 18.5. The fourth-order valence-electron chi connectivity index (χ4n) is 3.04. The Bertz CT molecular complexity index is 1120. The number of carbonyl (C=O) groups is 1. The number of amides is 1. The first-order valence-electron chi connectivity index (χ1n) is 10.2. The second-order valence-electron chi connectivity index (χ2n) is 8.23. The van der Waals surface area contributed by atoms with Gasteiger partial charge >= 0.3 is 5.16 Å². The van der Waals surface area contributed by atoms with Crippen LogP contribution in [-0.4, -0.2) is 33.2 Å². The summed E-state index contributed by atoms with van der Waals surface area (Å²) < 4.78 is 2.02. The SMILES string of the molecule is CC[n+]1c(SCC(=O)NN=Cc2ccc(O)cc2[O-])n[nH]c1-c1ccc(C(C)(C)C)cc1. The van der Waals surface area contributed by atoms with Crippen molar-refractivity contribution in [3.05, 3.63) is 53.6 Å². The molecule has 32 heavy (non-hydrogen) atoms. The summed E-state index contributed by atoms with van der Waals surface area (Å²) in [6.07, 6.45) is 1.25. The molecular weight excluding hydrogens is 426 g/mol. The van der Waals surface area contributed by atoms with Crippen LogP contribution in [0.2, 0.25) is 0 Å². The van der Waals surface area contributed by atoms with Crippen LogP contribution in [-0.2, 0) is 16.8 Å². The van der Waals surface area contributed by atoms with Crippen LogP contribution in [0.3, 0.4) is 0 Å². The van der Waals surface area contributed by atoms with Gasteiger partial charge in [0.2, 0.25) is 0 Å². The number of benzene rings is 2. The fourth-order valence-corrected chi connectivity index (χ4v) is 3.85. The third-order valence-electron chi connectivity index (χ3n) is 4.82. The third kappa shape index (κ3) is 5.67. The molecule has 0 saturated heterocycles. The lowest BCUT2D eigenvalue weighted by atomic mass is 9.87. The molecule has 0 aliphatic carbocycles. The lowest BCUT2D eigenvalue weighted by Gasteiger charge is -2.18. The summed E-state index contributed by atoms with van der Waals surface area (Å²) in [6.45, 7) is 9.26. The molecule has 0 saturated carbocycles. The zero-order valence-corrected chi connectivity index (χ0v) is 19.4. The Hall–Kier alpha value is -3.33. The second kappa shape index (κ2) is 9.86. The number of aromatic nitrogens is 3. The second-order valence-corrected chi connectivity index (χ2v) is 9.17. The molecule has 1 aromatic heterocycles. The molecule has 0 spiro atoms. The number of hydrazone groups is 1. The maximum absolute atomic E-state index is 12.1. The molecule has 9 heteroatoms. The first-order chi connectivity index (χ1) is 15.2.